The molecule has 1 fully saturated rings. The fourth-order valence-electron chi connectivity index (χ4n) is 3.13. The van der Waals surface area contributed by atoms with E-state index in [0.29, 0.717) is 16.6 Å². The lowest BCUT2D eigenvalue weighted by molar-refractivity contribution is -0.127. The molecule has 0 aliphatic heterocycles. The maximum Gasteiger partial charge on any atom is 0.228 e. The van der Waals surface area contributed by atoms with Crippen LogP contribution in [0.1, 0.15) is 33.6 Å². The Labute approximate surface area is 145 Å². The molecule has 0 radical (unpaired) electrons. The Bertz CT molecular complexity index is 547. The molecule has 0 bridgehead atoms. The Kier molecular flexibility index (Phi) is 5.21. The quantitative estimate of drug-likeness (QED) is 0.702. The summed E-state index contributed by atoms with van der Waals surface area (Å²) in [5.74, 6) is 0.318. The second-order valence-electron chi connectivity index (χ2n) is 6.52. The summed E-state index contributed by atoms with van der Waals surface area (Å²) >= 11 is 8.39. The normalized spacial score (nSPS) is 28.2. The van der Waals surface area contributed by atoms with Gasteiger partial charge in [-0.1, -0.05) is 32.4 Å². The first-order valence-electron chi connectivity index (χ1n) is 7.25. The van der Waals surface area contributed by atoms with Crippen LogP contribution in [0, 0.1) is 20.8 Å². The SMILES string of the molecule is CC1C(N)CCC(C(=O)Nc2ccc(I)cc2Cl)C1(C)C. The summed E-state index contributed by atoms with van der Waals surface area (Å²) in [6, 6.07) is 5.81. The van der Waals surface area contributed by atoms with E-state index in [-0.39, 0.29) is 23.3 Å². The first kappa shape index (κ1) is 17.0. The molecule has 116 valence electrons. The molecule has 0 saturated heterocycles. The van der Waals surface area contributed by atoms with Crippen molar-refractivity contribution in [3.05, 3.63) is 26.8 Å². The van der Waals surface area contributed by atoms with E-state index in [1.165, 1.54) is 0 Å². The molecule has 0 heterocycles. The standard InChI is InChI=1S/C16H22ClIN2O/c1-9-13(19)6-5-11(16(9,2)3)15(21)20-14-7-4-10(18)8-12(14)17/h4,7-9,11,13H,5-6,19H2,1-3H3,(H,20,21). The average Bonchev–Trinajstić information content (AvgIpc) is 2.39. The van der Waals surface area contributed by atoms with Crippen LogP contribution in [0.15, 0.2) is 18.2 Å². The number of benzene rings is 1. The van der Waals surface area contributed by atoms with Crippen LogP contribution in [0.3, 0.4) is 0 Å². The number of carbonyl (C=O) groups is 1. The molecule has 3 nitrogen and oxygen atoms in total. The third kappa shape index (κ3) is 3.54. The van der Waals surface area contributed by atoms with Gasteiger partial charge in [0.2, 0.25) is 5.91 Å². The van der Waals surface area contributed by atoms with Crippen molar-refractivity contribution in [3.8, 4) is 0 Å². The Morgan fingerprint density at radius 2 is 2.10 bits per heavy atom. The topological polar surface area (TPSA) is 55.1 Å². The number of amides is 1. The lowest BCUT2D eigenvalue weighted by Crippen LogP contribution is -2.50. The van der Waals surface area contributed by atoms with Gasteiger partial charge in [0.1, 0.15) is 0 Å². The number of anilines is 1. The molecule has 3 unspecified atom stereocenters. The molecule has 1 saturated carbocycles. The number of halogens is 2. The molecule has 21 heavy (non-hydrogen) atoms. The second kappa shape index (κ2) is 6.42. The van der Waals surface area contributed by atoms with Crippen LogP contribution in [0.5, 0.6) is 0 Å². The van der Waals surface area contributed by atoms with Crippen molar-refractivity contribution in [2.24, 2.45) is 23.0 Å². The van der Waals surface area contributed by atoms with Crippen molar-refractivity contribution >= 4 is 45.8 Å². The molecule has 0 aromatic heterocycles. The highest BCUT2D eigenvalue weighted by Gasteiger charge is 2.45. The number of hydrogen-bond acceptors (Lipinski definition) is 2. The Morgan fingerprint density at radius 3 is 2.71 bits per heavy atom. The molecule has 1 amide bonds. The van der Waals surface area contributed by atoms with Crippen LogP contribution in [-0.2, 0) is 4.79 Å². The largest absolute Gasteiger partial charge is 0.327 e. The molecular weight excluding hydrogens is 399 g/mol. The van der Waals surface area contributed by atoms with E-state index in [1.54, 1.807) is 0 Å². The van der Waals surface area contributed by atoms with Gasteiger partial charge < -0.3 is 11.1 Å². The maximum absolute atomic E-state index is 12.7. The van der Waals surface area contributed by atoms with Crippen molar-refractivity contribution in [1.82, 2.24) is 0 Å². The predicted octanol–water partition coefficient (Wildman–Crippen LogP) is 4.28. The van der Waals surface area contributed by atoms with Gasteiger partial charge in [0, 0.05) is 15.5 Å². The van der Waals surface area contributed by atoms with Gasteiger partial charge in [0.15, 0.2) is 0 Å². The highest BCUT2D eigenvalue weighted by Crippen LogP contribution is 2.45. The van der Waals surface area contributed by atoms with Crippen LogP contribution in [0.2, 0.25) is 5.02 Å². The molecule has 2 rings (SSSR count). The minimum Gasteiger partial charge on any atom is -0.327 e. The third-order valence-corrected chi connectivity index (χ3v) is 5.99. The van der Waals surface area contributed by atoms with Gasteiger partial charge in [-0.2, -0.15) is 0 Å². The molecule has 1 aromatic rings. The summed E-state index contributed by atoms with van der Waals surface area (Å²) in [6.45, 7) is 6.41. The highest BCUT2D eigenvalue weighted by atomic mass is 127. The minimum atomic E-state index is -0.114. The molecule has 0 spiro atoms. The van der Waals surface area contributed by atoms with Gasteiger partial charge in [0.05, 0.1) is 10.7 Å². The van der Waals surface area contributed by atoms with Crippen molar-refractivity contribution in [2.45, 2.75) is 39.7 Å². The predicted molar refractivity (Wildman–Crippen MR) is 96.4 cm³/mol. The van der Waals surface area contributed by atoms with E-state index in [9.17, 15) is 4.79 Å². The zero-order valence-corrected chi connectivity index (χ0v) is 15.5. The van der Waals surface area contributed by atoms with Crippen molar-refractivity contribution in [1.29, 1.82) is 0 Å². The van der Waals surface area contributed by atoms with Gasteiger partial charge in [-0.3, -0.25) is 4.79 Å². The summed E-state index contributed by atoms with van der Waals surface area (Å²) in [4.78, 5) is 12.7. The zero-order chi connectivity index (χ0) is 15.8. The summed E-state index contributed by atoms with van der Waals surface area (Å²) in [5, 5.41) is 3.56. The van der Waals surface area contributed by atoms with Crippen LogP contribution < -0.4 is 11.1 Å². The van der Waals surface area contributed by atoms with Gasteiger partial charge in [0.25, 0.3) is 0 Å². The number of rotatable bonds is 2. The zero-order valence-electron chi connectivity index (χ0n) is 12.6. The van der Waals surface area contributed by atoms with E-state index in [4.69, 9.17) is 17.3 Å². The van der Waals surface area contributed by atoms with Gasteiger partial charge in [-0.25, -0.2) is 0 Å². The van der Waals surface area contributed by atoms with Crippen molar-refractivity contribution in [3.63, 3.8) is 0 Å². The monoisotopic (exact) mass is 420 g/mol. The first-order valence-corrected chi connectivity index (χ1v) is 8.70. The van der Waals surface area contributed by atoms with E-state index in [1.807, 2.05) is 18.2 Å². The summed E-state index contributed by atoms with van der Waals surface area (Å²) in [6.07, 6.45) is 1.72. The third-order valence-electron chi connectivity index (χ3n) is 5.01. The van der Waals surface area contributed by atoms with Gasteiger partial charge >= 0.3 is 0 Å². The molecule has 1 aliphatic rings. The van der Waals surface area contributed by atoms with E-state index >= 15 is 0 Å². The fraction of sp³-hybridized carbons (Fsp3) is 0.562. The van der Waals surface area contributed by atoms with E-state index in [0.717, 1.165) is 16.4 Å². The Hall–Kier alpha value is -0.330. The molecular formula is C16H22ClIN2O. The molecule has 5 heteroatoms. The van der Waals surface area contributed by atoms with Crippen LogP contribution in [0.25, 0.3) is 0 Å². The molecule has 3 atom stereocenters. The second-order valence-corrected chi connectivity index (χ2v) is 8.17. The van der Waals surface area contributed by atoms with Crippen molar-refractivity contribution in [2.75, 3.05) is 5.32 Å². The van der Waals surface area contributed by atoms with Crippen LogP contribution >= 0.6 is 34.2 Å². The van der Waals surface area contributed by atoms with Crippen LogP contribution in [0.4, 0.5) is 5.69 Å². The number of carbonyl (C=O) groups excluding carboxylic acids is 1. The summed E-state index contributed by atoms with van der Waals surface area (Å²) in [7, 11) is 0. The van der Waals surface area contributed by atoms with Crippen LogP contribution in [-0.4, -0.2) is 11.9 Å². The minimum absolute atomic E-state index is 0.0392. The van der Waals surface area contributed by atoms with E-state index < -0.39 is 0 Å². The Balaban J connectivity index is 2.16. The molecule has 1 aliphatic carbocycles. The fourth-order valence-corrected chi connectivity index (χ4v) is 4.03. The van der Waals surface area contributed by atoms with Crippen molar-refractivity contribution < 1.29 is 4.79 Å². The maximum atomic E-state index is 12.7. The molecule has 3 N–H and O–H groups in total. The molecule has 1 aromatic carbocycles. The lowest BCUT2D eigenvalue weighted by Gasteiger charge is -2.46. The van der Waals surface area contributed by atoms with Gasteiger partial charge in [-0.15, -0.1) is 0 Å². The first-order chi connectivity index (χ1) is 9.73. The highest BCUT2D eigenvalue weighted by molar-refractivity contribution is 14.1. The summed E-state index contributed by atoms with van der Waals surface area (Å²) < 4.78 is 1.05. The number of nitrogens with one attached hydrogen (secondary N) is 1. The van der Waals surface area contributed by atoms with E-state index in [2.05, 4.69) is 48.7 Å². The average molecular weight is 421 g/mol. The number of hydrogen-bond donors (Lipinski definition) is 2. The number of nitrogens with two attached hydrogens (primary N) is 1. The Morgan fingerprint density at radius 1 is 1.43 bits per heavy atom. The van der Waals surface area contributed by atoms with Gasteiger partial charge in [-0.05, 0) is 65.0 Å². The smallest absolute Gasteiger partial charge is 0.228 e. The summed E-state index contributed by atoms with van der Waals surface area (Å²) in [5.41, 5.74) is 6.72. The lowest BCUT2D eigenvalue weighted by atomic mass is 9.61.